The molecule has 0 spiro atoms. The van der Waals surface area contributed by atoms with E-state index < -0.39 is 0 Å². The zero-order chi connectivity index (χ0) is 21.2. The molecule has 1 saturated carbocycles. The molecule has 0 amide bonds. The number of carbonyl (C=O) groups is 1. The number of hydrogen-bond acceptors (Lipinski definition) is 2. The van der Waals surface area contributed by atoms with Crippen LogP contribution in [0.2, 0.25) is 0 Å². The molecule has 0 saturated heterocycles. The van der Waals surface area contributed by atoms with Gasteiger partial charge in [0, 0.05) is 12.3 Å². The molecule has 3 rings (SSSR count). The third kappa shape index (κ3) is 6.45. The van der Waals surface area contributed by atoms with E-state index in [2.05, 4.69) is 62.4 Å². The summed E-state index contributed by atoms with van der Waals surface area (Å²) in [5.41, 5.74) is 3.57. The predicted molar refractivity (Wildman–Crippen MR) is 126 cm³/mol. The van der Waals surface area contributed by atoms with Gasteiger partial charge in [0.15, 0.2) is 0 Å². The first-order chi connectivity index (χ1) is 14.7. The van der Waals surface area contributed by atoms with Crippen molar-refractivity contribution in [3.63, 3.8) is 0 Å². The van der Waals surface area contributed by atoms with Gasteiger partial charge in [0.1, 0.15) is 11.5 Å². The molecule has 162 valence electrons. The lowest BCUT2D eigenvalue weighted by atomic mass is 9.76. The Balaban J connectivity index is 1.53. The van der Waals surface area contributed by atoms with Gasteiger partial charge in [-0.15, -0.1) is 0 Å². The molecule has 0 radical (unpaired) electrons. The van der Waals surface area contributed by atoms with Gasteiger partial charge < -0.3 is 4.74 Å². The molecular formula is C28H38O2. The second-order valence-corrected chi connectivity index (χ2v) is 8.86. The molecule has 1 aliphatic rings. The van der Waals surface area contributed by atoms with Crippen molar-refractivity contribution in [2.45, 2.75) is 84.0 Å². The molecule has 2 atom stereocenters. The number of unbranched alkanes of at least 4 members (excludes halogenated alkanes) is 4. The predicted octanol–water partition coefficient (Wildman–Crippen LogP) is 7.96. The number of carbonyl (C=O) groups excluding carboxylic acids is 1. The van der Waals surface area contributed by atoms with Gasteiger partial charge in [0.2, 0.25) is 0 Å². The highest BCUT2D eigenvalue weighted by Gasteiger charge is 2.29. The lowest BCUT2D eigenvalue weighted by molar-refractivity contribution is -0.123. The molecule has 0 unspecified atom stereocenters. The van der Waals surface area contributed by atoms with Gasteiger partial charge in [-0.2, -0.15) is 0 Å². The van der Waals surface area contributed by atoms with Gasteiger partial charge in [0.05, 0.1) is 6.61 Å². The molecule has 0 N–H and O–H groups in total. The molecule has 1 fully saturated rings. The van der Waals surface area contributed by atoms with E-state index in [0.717, 1.165) is 31.6 Å². The van der Waals surface area contributed by atoms with Crippen LogP contribution in [0.25, 0.3) is 11.1 Å². The summed E-state index contributed by atoms with van der Waals surface area (Å²) in [6.45, 7) is 5.25. The zero-order valence-corrected chi connectivity index (χ0v) is 18.9. The van der Waals surface area contributed by atoms with Crippen LogP contribution in [0, 0.1) is 5.92 Å². The monoisotopic (exact) mass is 406 g/mol. The smallest absolute Gasteiger partial charge is 0.140 e. The molecule has 1 aliphatic carbocycles. The minimum Gasteiger partial charge on any atom is -0.494 e. The van der Waals surface area contributed by atoms with Gasteiger partial charge in [-0.1, -0.05) is 88.8 Å². The first-order valence-corrected chi connectivity index (χ1v) is 12.1. The van der Waals surface area contributed by atoms with E-state index in [-0.39, 0.29) is 5.92 Å². The van der Waals surface area contributed by atoms with Crippen molar-refractivity contribution in [3.8, 4) is 16.9 Å². The summed E-state index contributed by atoms with van der Waals surface area (Å²) >= 11 is 0. The van der Waals surface area contributed by atoms with E-state index in [1.54, 1.807) is 0 Å². The van der Waals surface area contributed by atoms with Crippen LogP contribution in [-0.4, -0.2) is 12.4 Å². The third-order valence-electron chi connectivity index (χ3n) is 6.48. The highest BCUT2D eigenvalue weighted by atomic mass is 16.5. The topological polar surface area (TPSA) is 26.3 Å². The van der Waals surface area contributed by atoms with E-state index >= 15 is 0 Å². The normalized spacial score (nSPS) is 19.1. The minimum absolute atomic E-state index is 0.0976. The summed E-state index contributed by atoms with van der Waals surface area (Å²) in [5.74, 6) is 2.09. The Morgan fingerprint density at radius 1 is 0.800 bits per heavy atom. The maximum absolute atomic E-state index is 12.7. The molecule has 0 heterocycles. The number of benzene rings is 2. The van der Waals surface area contributed by atoms with Crippen LogP contribution < -0.4 is 4.74 Å². The molecule has 2 heteroatoms. The van der Waals surface area contributed by atoms with Gasteiger partial charge in [-0.05, 0) is 54.0 Å². The lowest BCUT2D eigenvalue weighted by Gasteiger charge is -2.27. The maximum Gasteiger partial charge on any atom is 0.140 e. The highest BCUT2D eigenvalue weighted by Crippen LogP contribution is 2.36. The van der Waals surface area contributed by atoms with Crippen molar-refractivity contribution in [2.75, 3.05) is 6.61 Å². The molecule has 2 aromatic rings. The van der Waals surface area contributed by atoms with Gasteiger partial charge in [-0.3, -0.25) is 4.79 Å². The SMILES string of the molecule is CCCCCCOc1ccc(-c2ccc([C@H]3CC[C@H](CCCC)CC3=O)cc2)cc1. The maximum atomic E-state index is 12.7. The fourth-order valence-electron chi connectivity index (χ4n) is 4.55. The van der Waals surface area contributed by atoms with E-state index in [4.69, 9.17) is 4.74 Å². The lowest BCUT2D eigenvalue weighted by Crippen LogP contribution is -2.23. The zero-order valence-electron chi connectivity index (χ0n) is 18.9. The van der Waals surface area contributed by atoms with Crippen LogP contribution in [0.15, 0.2) is 48.5 Å². The fourth-order valence-corrected chi connectivity index (χ4v) is 4.55. The standard InChI is InChI=1S/C28H38O2/c1-3-5-7-8-20-30-26-17-15-24(16-18-26)23-11-13-25(14-12-23)27-19-10-22(9-6-4-2)21-28(27)29/h11-18,22,27H,3-10,19-21H2,1-2H3/t22-,27+/m0/s1. The van der Waals surface area contributed by atoms with Crippen molar-refractivity contribution in [1.82, 2.24) is 0 Å². The van der Waals surface area contributed by atoms with Crippen LogP contribution in [0.5, 0.6) is 5.75 Å². The number of ether oxygens (including phenoxy) is 1. The summed E-state index contributed by atoms with van der Waals surface area (Å²) in [6, 6.07) is 17.0. The summed E-state index contributed by atoms with van der Waals surface area (Å²) in [5, 5.41) is 0. The Morgan fingerprint density at radius 2 is 1.47 bits per heavy atom. The summed E-state index contributed by atoms with van der Waals surface area (Å²) in [7, 11) is 0. The average Bonchev–Trinajstić information content (AvgIpc) is 2.78. The quantitative estimate of drug-likeness (QED) is 0.354. The second kappa shape index (κ2) is 11.9. The van der Waals surface area contributed by atoms with Crippen molar-refractivity contribution in [1.29, 1.82) is 0 Å². The van der Waals surface area contributed by atoms with Gasteiger partial charge in [0.25, 0.3) is 0 Å². The van der Waals surface area contributed by atoms with Crippen molar-refractivity contribution < 1.29 is 9.53 Å². The van der Waals surface area contributed by atoms with Crippen LogP contribution >= 0.6 is 0 Å². The third-order valence-corrected chi connectivity index (χ3v) is 6.48. The average molecular weight is 407 g/mol. The molecule has 30 heavy (non-hydrogen) atoms. The van der Waals surface area contributed by atoms with E-state index in [1.165, 1.54) is 61.6 Å². The Morgan fingerprint density at radius 3 is 2.10 bits per heavy atom. The number of ketones is 1. The fraction of sp³-hybridized carbons (Fsp3) is 0.536. The molecule has 0 bridgehead atoms. The Kier molecular flexibility index (Phi) is 8.99. The van der Waals surface area contributed by atoms with Crippen LogP contribution in [0.1, 0.15) is 89.5 Å². The number of hydrogen-bond donors (Lipinski definition) is 0. The molecule has 0 aromatic heterocycles. The van der Waals surface area contributed by atoms with Crippen molar-refractivity contribution in [3.05, 3.63) is 54.1 Å². The van der Waals surface area contributed by atoms with Crippen LogP contribution in [0.4, 0.5) is 0 Å². The Hall–Kier alpha value is -2.09. The summed E-state index contributed by atoms with van der Waals surface area (Å²) in [6.07, 6.45) is 11.6. The first-order valence-electron chi connectivity index (χ1n) is 12.1. The van der Waals surface area contributed by atoms with Crippen molar-refractivity contribution >= 4 is 5.78 Å². The summed E-state index contributed by atoms with van der Waals surface area (Å²) in [4.78, 5) is 12.7. The molecule has 0 aliphatic heterocycles. The van der Waals surface area contributed by atoms with Crippen LogP contribution in [0.3, 0.4) is 0 Å². The largest absolute Gasteiger partial charge is 0.494 e. The first kappa shape index (κ1) is 22.6. The number of Topliss-reactive ketones (excluding diaryl/α,β-unsaturated/α-hetero) is 1. The van der Waals surface area contributed by atoms with E-state index in [1.807, 2.05) is 0 Å². The van der Waals surface area contributed by atoms with Crippen LogP contribution in [-0.2, 0) is 4.79 Å². The van der Waals surface area contributed by atoms with E-state index in [0.29, 0.717) is 11.7 Å². The van der Waals surface area contributed by atoms with E-state index in [9.17, 15) is 4.79 Å². The summed E-state index contributed by atoms with van der Waals surface area (Å²) < 4.78 is 5.85. The molecule has 2 aromatic carbocycles. The second-order valence-electron chi connectivity index (χ2n) is 8.86. The van der Waals surface area contributed by atoms with Gasteiger partial charge >= 0.3 is 0 Å². The molecular weight excluding hydrogens is 368 g/mol. The highest BCUT2D eigenvalue weighted by molar-refractivity contribution is 5.86. The minimum atomic E-state index is 0.0976. The molecule has 2 nitrogen and oxygen atoms in total. The Labute approximate surface area is 183 Å². The Bertz CT molecular complexity index is 760. The number of rotatable bonds is 11. The van der Waals surface area contributed by atoms with Gasteiger partial charge in [-0.25, -0.2) is 0 Å². The van der Waals surface area contributed by atoms with Crippen molar-refractivity contribution in [2.24, 2.45) is 5.92 Å².